The van der Waals surface area contributed by atoms with Gasteiger partial charge >= 0.3 is 0 Å². The Hall–Kier alpha value is -1.37. The second-order valence-electron chi connectivity index (χ2n) is 4.74. The number of carbonyl (C=O) groups excluding carboxylic acids is 1. The van der Waals surface area contributed by atoms with Crippen LogP contribution in [0.25, 0.3) is 11.8 Å². The van der Waals surface area contributed by atoms with E-state index in [0.717, 1.165) is 11.3 Å². The Morgan fingerprint density at radius 2 is 2.32 bits per heavy atom. The van der Waals surface area contributed by atoms with E-state index in [2.05, 4.69) is 17.7 Å². The zero-order valence-electron chi connectivity index (χ0n) is 11.8. The van der Waals surface area contributed by atoms with E-state index in [1.165, 1.54) is 11.8 Å². The molecule has 0 bridgehead atoms. The second-order valence-corrected chi connectivity index (χ2v) is 7.14. The quantitative estimate of drug-likeness (QED) is 0.677. The van der Waals surface area contributed by atoms with Crippen molar-refractivity contribution in [1.29, 1.82) is 0 Å². The fourth-order valence-corrected chi connectivity index (χ4v) is 4.00. The maximum atomic E-state index is 12.2. The highest BCUT2D eigenvalue weighted by molar-refractivity contribution is 8.14. The third kappa shape index (κ3) is 3.04. The number of likely N-dealkylation sites (N-methyl/N-ethyl adjacent to an activating group) is 1. The minimum atomic E-state index is -0.119. The van der Waals surface area contributed by atoms with Crippen molar-refractivity contribution in [3.63, 3.8) is 0 Å². The molecule has 0 radical (unpaired) electrons. The molecular formula is C15H14ClN3OS2. The molecule has 3 rings (SSSR count). The van der Waals surface area contributed by atoms with E-state index in [1.807, 2.05) is 43.5 Å². The Morgan fingerprint density at radius 1 is 1.50 bits per heavy atom. The SMILES string of the molecule is CCN1C(=O)/C(=C/c2cnn(-c3cccc(Cl)c3)c2)SC1S. The lowest BCUT2D eigenvalue weighted by Crippen LogP contribution is -2.28. The van der Waals surface area contributed by atoms with Crippen molar-refractivity contribution in [2.75, 3.05) is 6.54 Å². The number of hydrogen-bond acceptors (Lipinski definition) is 4. The van der Waals surface area contributed by atoms with Crippen molar-refractivity contribution in [3.05, 3.63) is 52.2 Å². The van der Waals surface area contributed by atoms with Crippen molar-refractivity contribution >= 4 is 48.0 Å². The van der Waals surface area contributed by atoms with Crippen LogP contribution in [-0.4, -0.2) is 31.8 Å². The first kappa shape index (κ1) is 15.5. The van der Waals surface area contributed by atoms with Gasteiger partial charge in [-0.05, 0) is 31.2 Å². The number of carbonyl (C=O) groups is 1. The van der Waals surface area contributed by atoms with Gasteiger partial charge in [-0.1, -0.05) is 29.4 Å². The van der Waals surface area contributed by atoms with E-state index < -0.39 is 0 Å². The van der Waals surface area contributed by atoms with Crippen LogP contribution in [0.1, 0.15) is 12.5 Å². The zero-order chi connectivity index (χ0) is 15.7. The summed E-state index contributed by atoms with van der Waals surface area (Å²) in [7, 11) is 0. The maximum Gasteiger partial charge on any atom is 0.261 e. The predicted molar refractivity (Wildman–Crippen MR) is 94.3 cm³/mol. The van der Waals surface area contributed by atoms with Gasteiger partial charge in [-0.2, -0.15) is 5.10 Å². The van der Waals surface area contributed by atoms with E-state index in [1.54, 1.807) is 15.8 Å². The third-order valence-electron chi connectivity index (χ3n) is 3.28. The van der Waals surface area contributed by atoms with Crippen molar-refractivity contribution in [2.45, 2.75) is 11.6 Å². The van der Waals surface area contributed by atoms with Crippen LogP contribution < -0.4 is 0 Å². The summed E-state index contributed by atoms with van der Waals surface area (Å²) < 4.78 is 1.62. The molecule has 4 nitrogen and oxygen atoms in total. The summed E-state index contributed by atoms with van der Waals surface area (Å²) in [6.07, 6.45) is 5.44. The molecule has 2 heterocycles. The normalized spacial score (nSPS) is 20.1. The van der Waals surface area contributed by atoms with Gasteiger partial charge in [0.05, 0.1) is 16.8 Å². The number of nitrogens with zero attached hydrogens (tertiary/aromatic N) is 3. The van der Waals surface area contributed by atoms with E-state index >= 15 is 0 Å². The summed E-state index contributed by atoms with van der Waals surface area (Å²) >= 11 is 11.9. The molecule has 1 saturated heterocycles. The lowest BCUT2D eigenvalue weighted by atomic mass is 10.3. The number of aromatic nitrogens is 2. The molecule has 7 heteroatoms. The zero-order valence-corrected chi connectivity index (χ0v) is 14.3. The highest BCUT2D eigenvalue weighted by atomic mass is 35.5. The molecule has 1 atom stereocenters. The summed E-state index contributed by atoms with van der Waals surface area (Å²) in [5, 5.41) is 4.97. The van der Waals surface area contributed by atoms with Gasteiger partial charge in [0.2, 0.25) is 0 Å². The van der Waals surface area contributed by atoms with Crippen LogP contribution >= 0.6 is 36.0 Å². The van der Waals surface area contributed by atoms with E-state index in [-0.39, 0.29) is 10.6 Å². The number of hydrogen-bond donors (Lipinski definition) is 1. The first-order valence-electron chi connectivity index (χ1n) is 6.76. The molecule has 1 aromatic heterocycles. The van der Waals surface area contributed by atoms with Crippen LogP contribution in [0.3, 0.4) is 0 Å². The number of benzene rings is 1. The predicted octanol–water partition coefficient (Wildman–Crippen LogP) is 3.68. The molecule has 0 aliphatic carbocycles. The first-order valence-corrected chi connectivity index (χ1v) is 8.54. The Kier molecular flexibility index (Phi) is 4.52. The minimum absolute atomic E-state index is 0.0167. The smallest absolute Gasteiger partial charge is 0.261 e. The Balaban J connectivity index is 1.86. The molecule has 114 valence electrons. The maximum absolute atomic E-state index is 12.2. The summed E-state index contributed by atoms with van der Waals surface area (Å²) in [6.45, 7) is 2.60. The Labute approximate surface area is 143 Å². The molecule has 0 N–H and O–H groups in total. The van der Waals surface area contributed by atoms with Gasteiger partial charge in [0.25, 0.3) is 5.91 Å². The number of rotatable bonds is 3. The molecule has 2 aromatic rings. The topological polar surface area (TPSA) is 38.1 Å². The molecule has 0 saturated carbocycles. The highest BCUT2D eigenvalue weighted by Crippen LogP contribution is 2.37. The molecule has 1 amide bonds. The molecule has 1 fully saturated rings. The average molecular weight is 352 g/mol. The standard InChI is InChI=1S/C15H14ClN3OS2/c1-2-18-14(20)13(22-15(18)21)6-10-8-17-19(9-10)12-5-3-4-11(16)7-12/h3-9,15,21H,2H2,1H3/b13-6-. The van der Waals surface area contributed by atoms with Crippen LogP contribution in [-0.2, 0) is 4.79 Å². The number of thiol groups is 1. The molecular weight excluding hydrogens is 338 g/mol. The summed E-state index contributed by atoms with van der Waals surface area (Å²) in [5.74, 6) is 0.0167. The summed E-state index contributed by atoms with van der Waals surface area (Å²) in [6, 6.07) is 7.45. The molecule has 1 unspecified atom stereocenters. The fraction of sp³-hybridized carbons (Fsp3) is 0.200. The molecule has 1 aromatic carbocycles. The minimum Gasteiger partial charge on any atom is -0.317 e. The van der Waals surface area contributed by atoms with Crippen LogP contribution in [0.4, 0.5) is 0 Å². The van der Waals surface area contributed by atoms with Crippen LogP contribution in [0.15, 0.2) is 41.6 Å². The van der Waals surface area contributed by atoms with Crippen molar-refractivity contribution in [1.82, 2.24) is 14.7 Å². The van der Waals surface area contributed by atoms with Gasteiger partial charge in [0.15, 0.2) is 0 Å². The second kappa shape index (κ2) is 6.40. The molecule has 0 spiro atoms. The van der Waals surface area contributed by atoms with Crippen LogP contribution in [0.5, 0.6) is 0 Å². The van der Waals surface area contributed by atoms with Gasteiger partial charge in [-0.15, -0.1) is 12.6 Å². The lowest BCUT2D eigenvalue weighted by Gasteiger charge is -2.15. The van der Waals surface area contributed by atoms with Crippen LogP contribution in [0, 0.1) is 0 Å². The monoisotopic (exact) mass is 351 g/mol. The number of halogens is 1. The number of thioether (sulfide) groups is 1. The Bertz CT molecular complexity index is 744. The van der Waals surface area contributed by atoms with E-state index in [4.69, 9.17) is 11.6 Å². The van der Waals surface area contributed by atoms with Gasteiger partial charge < -0.3 is 4.90 Å². The molecule has 1 aliphatic rings. The largest absolute Gasteiger partial charge is 0.317 e. The van der Waals surface area contributed by atoms with Gasteiger partial charge in [-0.3, -0.25) is 4.79 Å². The third-order valence-corrected chi connectivity index (χ3v) is 5.13. The van der Waals surface area contributed by atoms with Gasteiger partial charge in [0.1, 0.15) is 4.71 Å². The Morgan fingerprint density at radius 3 is 3.00 bits per heavy atom. The van der Waals surface area contributed by atoms with Crippen molar-refractivity contribution in [3.8, 4) is 5.69 Å². The first-order chi connectivity index (χ1) is 10.6. The highest BCUT2D eigenvalue weighted by Gasteiger charge is 2.32. The summed E-state index contributed by atoms with van der Waals surface area (Å²) in [5.41, 5.74) is 1.75. The van der Waals surface area contributed by atoms with Crippen LogP contribution in [0.2, 0.25) is 5.02 Å². The lowest BCUT2D eigenvalue weighted by molar-refractivity contribution is -0.124. The van der Waals surface area contributed by atoms with E-state index in [0.29, 0.717) is 16.5 Å². The molecule has 22 heavy (non-hydrogen) atoms. The molecule has 1 aliphatic heterocycles. The number of amides is 1. The van der Waals surface area contributed by atoms with Crippen molar-refractivity contribution in [2.24, 2.45) is 0 Å². The van der Waals surface area contributed by atoms with Gasteiger partial charge in [-0.25, -0.2) is 4.68 Å². The van der Waals surface area contributed by atoms with Crippen molar-refractivity contribution < 1.29 is 4.79 Å². The fourth-order valence-electron chi connectivity index (χ4n) is 2.19. The van der Waals surface area contributed by atoms with E-state index in [9.17, 15) is 4.79 Å². The van der Waals surface area contributed by atoms with Gasteiger partial charge in [0, 0.05) is 23.3 Å². The summed E-state index contributed by atoms with van der Waals surface area (Å²) in [4.78, 5) is 14.6. The average Bonchev–Trinajstić information content (AvgIpc) is 3.05.